The summed E-state index contributed by atoms with van der Waals surface area (Å²) < 4.78 is 4.77. The van der Waals surface area contributed by atoms with Gasteiger partial charge in [-0.15, -0.1) is 0 Å². The number of amides is 3. The van der Waals surface area contributed by atoms with Gasteiger partial charge in [-0.3, -0.25) is 9.79 Å². The van der Waals surface area contributed by atoms with Gasteiger partial charge in [-0.2, -0.15) is 0 Å². The van der Waals surface area contributed by atoms with Gasteiger partial charge in [-0.1, -0.05) is 58.0 Å². The number of methoxy groups -OCH3 is 1. The number of likely N-dealkylation sites (tertiary alicyclic amines) is 2. The van der Waals surface area contributed by atoms with E-state index < -0.39 is 18.2 Å². The summed E-state index contributed by atoms with van der Waals surface area (Å²) in [6.45, 7) is 9.37. The van der Waals surface area contributed by atoms with Gasteiger partial charge in [0.1, 0.15) is 17.7 Å². The van der Waals surface area contributed by atoms with Crippen LogP contribution in [0, 0.1) is 11.8 Å². The number of alkyl carbamates (subject to hydrolysis) is 1. The number of rotatable bonds is 11. The van der Waals surface area contributed by atoms with Crippen LogP contribution in [0.5, 0.6) is 0 Å². The maximum absolute atomic E-state index is 13.4. The predicted octanol–water partition coefficient (Wildman–Crippen LogP) is 5.41. The molecule has 6 rings (SSSR count). The highest BCUT2D eigenvalue weighted by Gasteiger charge is 2.37. The Kier molecular flexibility index (Phi) is 11.2. The van der Waals surface area contributed by atoms with Crippen molar-refractivity contribution in [2.24, 2.45) is 22.6 Å². The van der Waals surface area contributed by atoms with Gasteiger partial charge in [0.2, 0.25) is 5.91 Å². The van der Waals surface area contributed by atoms with E-state index in [-0.39, 0.29) is 35.9 Å². The van der Waals surface area contributed by atoms with Crippen LogP contribution in [0.15, 0.2) is 53.7 Å². The zero-order chi connectivity index (χ0) is 37.8. The average molecular weight is 727 g/mol. The minimum absolute atomic E-state index is 0.0354. The molecule has 4 aromatic rings. The number of aromatic nitrogens is 4. The Hall–Kier alpha value is -5.60. The summed E-state index contributed by atoms with van der Waals surface area (Å²) in [5.74, 6) is 1.70. The molecular weight excluding hydrogens is 676 g/mol. The van der Waals surface area contributed by atoms with E-state index in [4.69, 9.17) is 15.5 Å². The topological polar surface area (TPSA) is 207 Å². The van der Waals surface area contributed by atoms with Crippen LogP contribution in [0.25, 0.3) is 33.4 Å². The van der Waals surface area contributed by atoms with Crippen molar-refractivity contribution in [3.8, 4) is 22.4 Å². The molecular formula is C38H50N10O5. The first-order valence-corrected chi connectivity index (χ1v) is 18.3. The summed E-state index contributed by atoms with van der Waals surface area (Å²) in [4.78, 5) is 61.5. The van der Waals surface area contributed by atoms with Gasteiger partial charge in [-0.25, -0.2) is 19.6 Å². The Morgan fingerprint density at radius 3 is 2.25 bits per heavy atom. The number of aliphatic imine (C=N–C) groups is 1. The maximum Gasteiger partial charge on any atom is 0.407 e. The predicted molar refractivity (Wildman–Crippen MR) is 202 cm³/mol. The van der Waals surface area contributed by atoms with Crippen molar-refractivity contribution in [3.63, 3.8) is 0 Å². The minimum atomic E-state index is -1.21. The number of fused-ring (bicyclic) bond motifs is 1. The SMILES string of the molecule is COC(=O)NC(CN=C(N)N1CCCC1c1nc2ccc(-c3ccc(-c4cnc(C5CCCN5C(=O)C(NC(=O)O)C(C)C)[nH]4)cc3)cc2[nH]1)C(C)C. The maximum atomic E-state index is 13.4. The molecule has 0 saturated carbocycles. The second-order valence-corrected chi connectivity index (χ2v) is 14.5. The number of nitrogens with zero attached hydrogens (tertiary/aromatic N) is 5. The van der Waals surface area contributed by atoms with Gasteiger partial charge in [0.25, 0.3) is 0 Å². The van der Waals surface area contributed by atoms with Gasteiger partial charge in [0.05, 0.1) is 54.7 Å². The first kappa shape index (κ1) is 37.2. The van der Waals surface area contributed by atoms with Crippen LogP contribution in [-0.4, -0.2) is 97.7 Å². The summed E-state index contributed by atoms with van der Waals surface area (Å²) in [6, 6.07) is 13.1. The van der Waals surface area contributed by atoms with Crippen molar-refractivity contribution in [2.75, 3.05) is 26.7 Å². The number of nitrogens with one attached hydrogen (secondary N) is 4. The van der Waals surface area contributed by atoms with Gasteiger partial charge < -0.3 is 46.0 Å². The number of carbonyl (C=O) groups excluding carboxylic acids is 2. The van der Waals surface area contributed by atoms with Gasteiger partial charge in [-0.05, 0) is 66.3 Å². The second kappa shape index (κ2) is 16.0. The molecule has 2 aromatic heterocycles. The van der Waals surface area contributed by atoms with E-state index in [9.17, 15) is 19.5 Å². The third kappa shape index (κ3) is 8.23. The molecule has 282 valence electrons. The van der Waals surface area contributed by atoms with Crippen LogP contribution >= 0.6 is 0 Å². The minimum Gasteiger partial charge on any atom is -0.465 e. The van der Waals surface area contributed by atoms with Crippen LogP contribution in [0.3, 0.4) is 0 Å². The molecule has 3 amide bonds. The van der Waals surface area contributed by atoms with Crippen molar-refractivity contribution in [2.45, 2.75) is 77.5 Å². The normalized spacial score (nSPS) is 18.9. The molecule has 0 aliphatic carbocycles. The number of hydrogen-bond acceptors (Lipinski definition) is 7. The number of H-pyrrole nitrogens is 2. The molecule has 0 spiro atoms. The van der Waals surface area contributed by atoms with Crippen molar-refractivity contribution < 1.29 is 24.2 Å². The van der Waals surface area contributed by atoms with Crippen molar-refractivity contribution in [1.82, 2.24) is 40.4 Å². The number of aromatic amines is 2. The van der Waals surface area contributed by atoms with Crippen molar-refractivity contribution in [3.05, 3.63) is 60.3 Å². The van der Waals surface area contributed by atoms with E-state index in [1.165, 1.54) is 7.11 Å². The fourth-order valence-electron chi connectivity index (χ4n) is 7.24. The largest absolute Gasteiger partial charge is 0.465 e. The lowest BCUT2D eigenvalue weighted by atomic mass is 10.0. The average Bonchev–Trinajstić information content (AvgIpc) is 3.97. The Bertz CT molecular complexity index is 1950. The zero-order valence-corrected chi connectivity index (χ0v) is 30.9. The molecule has 0 radical (unpaired) electrons. The third-order valence-electron chi connectivity index (χ3n) is 10.3. The van der Waals surface area contributed by atoms with Crippen LogP contribution in [-0.2, 0) is 9.53 Å². The molecule has 7 N–H and O–H groups in total. The summed E-state index contributed by atoms with van der Waals surface area (Å²) >= 11 is 0. The fraction of sp³-hybridized carbons (Fsp3) is 0.474. The Morgan fingerprint density at radius 1 is 0.925 bits per heavy atom. The number of hydrogen-bond donors (Lipinski definition) is 6. The Labute approximate surface area is 308 Å². The highest BCUT2D eigenvalue weighted by molar-refractivity contribution is 5.86. The lowest BCUT2D eigenvalue weighted by Gasteiger charge is -2.29. The van der Waals surface area contributed by atoms with E-state index in [2.05, 4.69) is 59.7 Å². The summed E-state index contributed by atoms with van der Waals surface area (Å²) in [7, 11) is 1.34. The van der Waals surface area contributed by atoms with E-state index in [0.717, 1.165) is 71.5 Å². The number of guanidine groups is 1. The van der Waals surface area contributed by atoms with E-state index >= 15 is 0 Å². The smallest absolute Gasteiger partial charge is 0.407 e. The number of ether oxygens (including phenoxy) is 1. The Balaban J connectivity index is 1.14. The molecule has 2 saturated heterocycles. The van der Waals surface area contributed by atoms with Crippen LogP contribution in [0.4, 0.5) is 9.59 Å². The molecule has 53 heavy (non-hydrogen) atoms. The fourth-order valence-corrected chi connectivity index (χ4v) is 7.24. The standard InChI is InChI=1S/C38H50N10O5/c1-21(2)28(45-38(52)53-5)19-41-36(39)48-17-7-9-31(48)34-42-26-15-14-25(18-27(26)43-34)23-10-12-24(13-11-23)29-20-40-33(44-29)30-8-6-16-47(30)35(49)32(22(3)4)46-37(50)51/h10-15,18,20-22,28,30-32,46H,6-9,16-17,19H2,1-5H3,(H2,39,41)(H,40,44)(H,42,43)(H,45,52)(H,50,51). The first-order chi connectivity index (χ1) is 25.4. The third-order valence-corrected chi connectivity index (χ3v) is 10.3. The van der Waals surface area contributed by atoms with Crippen LogP contribution in [0.2, 0.25) is 0 Å². The molecule has 4 atom stereocenters. The molecule has 4 unspecified atom stereocenters. The quantitative estimate of drug-likeness (QED) is 0.0862. The zero-order valence-electron chi connectivity index (χ0n) is 30.9. The summed E-state index contributed by atoms with van der Waals surface area (Å²) in [5, 5.41) is 14.5. The van der Waals surface area contributed by atoms with Gasteiger partial charge in [0, 0.05) is 13.1 Å². The lowest BCUT2D eigenvalue weighted by molar-refractivity contribution is -0.135. The van der Waals surface area contributed by atoms with Crippen molar-refractivity contribution in [1.29, 1.82) is 0 Å². The first-order valence-electron chi connectivity index (χ1n) is 18.3. The molecule has 2 aromatic carbocycles. The molecule has 0 bridgehead atoms. The molecule has 4 heterocycles. The second-order valence-electron chi connectivity index (χ2n) is 14.5. The van der Waals surface area contributed by atoms with E-state index in [1.807, 2.05) is 45.9 Å². The number of carbonyl (C=O) groups is 3. The molecule has 2 fully saturated rings. The number of benzene rings is 2. The number of imidazole rings is 2. The van der Waals surface area contributed by atoms with E-state index in [1.54, 1.807) is 11.1 Å². The highest BCUT2D eigenvalue weighted by atomic mass is 16.5. The lowest BCUT2D eigenvalue weighted by Crippen LogP contribution is -2.50. The van der Waals surface area contributed by atoms with Gasteiger partial charge >= 0.3 is 12.2 Å². The van der Waals surface area contributed by atoms with Crippen LogP contribution in [0.1, 0.15) is 77.1 Å². The molecule has 15 nitrogen and oxygen atoms in total. The molecule has 15 heteroatoms. The van der Waals surface area contributed by atoms with Crippen LogP contribution < -0.4 is 16.4 Å². The molecule has 2 aliphatic rings. The number of nitrogens with two attached hydrogens (primary N) is 1. The highest BCUT2D eigenvalue weighted by Crippen LogP contribution is 2.35. The van der Waals surface area contributed by atoms with Crippen molar-refractivity contribution >= 4 is 35.1 Å². The Morgan fingerprint density at radius 2 is 1.58 bits per heavy atom. The summed E-state index contributed by atoms with van der Waals surface area (Å²) in [5.41, 5.74) is 12.2. The van der Waals surface area contributed by atoms with Gasteiger partial charge in [0.15, 0.2) is 5.96 Å². The van der Waals surface area contributed by atoms with E-state index in [0.29, 0.717) is 24.9 Å². The number of carboxylic acid groups (broad SMARTS) is 1. The summed E-state index contributed by atoms with van der Waals surface area (Å²) in [6.07, 6.45) is 3.51. The monoisotopic (exact) mass is 726 g/mol. The molecule has 2 aliphatic heterocycles.